The molecule has 26 heavy (non-hydrogen) atoms. The first-order valence-electron chi connectivity index (χ1n) is 7.73. The van der Waals surface area contributed by atoms with Crippen LogP contribution in [0.5, 0.6) is 11.5 Å². The lowest BCUT2D eigenvalue weighted by Crippen LogP contribution is -2.19. The van der Waals surface area contributed by atoms with Crippen molar-refractivity contribution in [3.63, 3.8) is 0 Å². The number of amides is 1. The SMILES string of the molecule is COc1ccc(C=NN=C2NC(=O)CS2)cc1OCc1cccc(Cl)c1. The van der Waals surface area contributed by atoms with Gasteiger partial charge in [-0.1, -0.05) is 35.5 Å². The van der Waals surface area contributed by atoms with Crippen molar-refractivity contribution in [3.05, 3.63) is 58.6 Å². The number of halogens is 1. The Labute approximate surface area is 160 Å². The van der Waals surface area contributed by atoms with Gasteiger partial charge in [-0.2, -0.15) is 5.10 Å². The lowest BCUT2D eigenvalue weighted by molar-refractivity contribution is -0.116. The van der Waals surface area contributed by atoms with Gasteiger partial charge in [0.1, 0.15) is 6.61 Å². The molecule has 0 atom stereocenters. The van der Waals surface area contributed by atoms with E-state index in [1.165, 1.54) is 11.8 Å². The molecule has 8 heteroatoms. The fourth-order valence-electron chi connectivity index (χ4n) is 2.20. The van der Waals surface area contributed by atoms with Crippen LogP contribution >= 0.6 is 23.4 Å². The number of nitrogens with one attached hydrogen (secondary N) is 1. The summed E-state index contributed by atoms with van der Waals surface area (Å²) in [6.45, 7) is 0.364. The number of hydrogen-bond donors (Lipinski definition) is 1. The van der Waals surface area contributed by atoms with Gasteiger partial charge in [0.05, 0.1) is 19.1 Å². The van der Waals surface area contributed by atoms with Crippen LogP contribution in [0.3, 0.4) is 0 Å². The van der Waals surface area contributed by atoms with Crippen LogP contribution in [0, 0.1) is 0 Å². The first kappa shape index (κ1) is 18.3. The van der Waals surface area contributed by atoms with Gasteiger partial charge in [-0.05, 0) is 41.5 Å². The highest BCUT2D eigenvalue weighted by Gasteiger charge is 2.15. The molecule has 2 aromatic rings. The zero-order valence-corrected chi connectivity index (χ0v) is 15.5. The molecule has 6 nitrogen and oxygen atoms in total. The summed E-state index contributed by atoms with van der Waals surface area (Å²) in [4.78, 5) is 11.1. The van der Waals surface area contributed by atoms with Gasteiger partial charge in [0.15, 0.2) is 16.7 Å². The average Bonchev–Trinajstić information content (AvgIpc) is 3.05. The molecule has 3 rings (SSSR count). The molecule has 134 valence electrons. The summed E-state index contributed by atoms with van der Waals surface area (Å²) in [5, 5.41) is 11.7. The molecule has 0 unspecified atom stereocenters. The number of nitrogens with zero attached hydrogens (tertiary/aromatic N) is 2. The van der Waals surface area contributed by atoms with Gasteiger partial charge in [0, 0.05) is 5.02 Å². The van der Waals surface area contributed by atoms with Crippen molar-refractivity contribution in [1.82, 2.24) is 5.32 Å². The van der Waals surface area contributed by atoms with Gasteiger partial charge in [0.2, 0.25) is 5.91 Å². The van der Waals surface area contributed by atoms with Crippen molar-refractivity contribution in [2.45, 2.75) is 6.61 Å². The number of benzene rings is 2. The molecule has 1 N–H and O–H groups in total. The normalized spacial score (nSPS) is 15.5. The van der Waals surface area contributed by atoms with Crippen molar-refractivity contribution < 1.29 is 14.3 Å². The monoisotopic (exact) mass is 389 g/mol. The fraction of sp³-hybridized carbons (Fsp3) is 0.167. The van der Waals surface area contributed by atoms with Crippen LogP contribution < -0.4 is 14.8 Å². The van der Waals surface area contributed by atoms with E-state index in [-0.39, 0.29) is 5.91 Å². The molecular formula is C18H16ClN3O3S. The van der Waals surface area contributed by atoms with E-state index in [9.17, 15) is 4.79 Å². The maximum Gasteiger partial charge on any atom is 0.236 e. The second-order valence-electron chi connectivity index (χ2n) is 5.32. The third kappa shape index (κ3) is 5.00. The van der Waals surface area contributed by atoms with Crippen LogP contribution in [-0.2, 0) is 11.4 Å². The Kier molecular flexibility index (Phi) is 6.14. The van der Waals surface area contributed by atoms with Crippen LogP contribution in [-0.4, -0.2) is 30.2 Å². The summed E-state index contributed by atoms with van der Waals surface area (Å²) in [5.41, 5.74) is 1.75. The largest absolute Gasteiger partial charge is 0.493 e. The molecular weight excluding hydrogens is 374 g/mol. The summed E-state index contributed by atoms with van der Waals surface area (Å²) in [6.07, 6.45) is 1.59. The maximum absolute atomic E-state index is 11.1. The van der Waals surface area contributed by atoms with Crippen molar-refractivity contribution >= 4 is 40.7 Å². The van der Waals surface area contributed by atoms with E-state index in [4.69, 9.17) is 21.1 Å². The first-order chi connectivity index (χ1) is 12.6. The highest BCUT2D eigenvalue weighted by atomic mass is 35.5. The topological polar surface area (TPSA) is 72.3 Å². The summed E-state index contributed by atoms with van der Waals surface area (Å²) in [6, 6.07) is 12.9. The van der Waals surface area contributed by atoms with Crippen molar-refractivity contribution in [1.29, 1.82) is 0 Å². The van der Waals surface area contributed by atoms with Crippen molar-refractivity contribution in [2.24, 2.45) is 10.2 Å². The van der Waals surface area contributed by atoms with E-state index < -0.39 is 0 Å². The Morgan fingerprint density at radius 2 is 2.15 bits per heavy atom. The average molecular weight is 390 g/mol. The lowest BCUT2D eigenvalue weighted by atomic mass is 10.2. The quantitative estimate of drug-likeness (QED) is 0.606. The molecule has 0 spiro atoms. The maximum atomic E-state index is 11.1. The molecule has 0 aliphatic carbocycles. The Bertz CT molecular complexity index is 871. The molecule has 1 fully saturated rings. The Morgan fingerprint density at radius 1 is 1.27 bits per heavy atom. The second kappa shape index (κ2) is 8.73. The number of methoxy groups -OCH3 is 1. The van der Waals surface area contributed by atoms with Crippen LogP contribution in [0.4, 0.5) is 0 Å². The zero-order chi connectivity index (χ0) is 18.4. The molecule has 0 radical (unpaired) electrons. The third-order valence-electron chi connectivity index (χ3n) is 3.41. The minimum Gasteiger partial charge on any atom is -0.493 e. The number of carbonyl (C=O) groups excluding carboxylic acids is 1. The second-order valence-corrected chi connectivity index (χ2v) is 6.72. The molecule has 1 saturated heterocycles. The predicted molar refractivity (Wildman–Crippen MR) is 104 cm³/mol. The number of hydrogen-bond acceptors (Lipinski definition) is 6. The zero-order valence-electron chi connectivity index (χ0n) is 13.9. The Morgan fingerprint density at radius 3 is 2.88 bits per heavy atom. The molecule has 1 heterocycles. The number of amidine groups is 1. The van der Waals surface area contributed by atoms with Crippen molar-refractivity contribution in [3.8, 4) is 11.5 Å². The van der Waals surface area contributed by atoms with Crippen LogP contribution in [0.2, 0.25) is 5.02 Å². The van der Waals surface area contributed by atoms with Gasteiger partial charge >= 0.3 is 0 Å². The van der Waals surface area contributed by atoms with E-state index in [1.807, 2.05) is 36.4 Å². The first-order valence-corrected chi connectivity index (χ1v) is 9.09. The minimum atomic E-state index is -0.0647. The van der Waals surface area contributed by atoms with E-state index in [2.05, 4.69) is 15.5 Å². The van der Waals surface area contributed by atoms with Crippen LogP contribution in [0.25, 0.3) is 0 Å². The van der Waals surface area contributed by atoms with Gasteiger partial charge in [-0.3, -0.25) is 4.79 Å². The van der Waals surface area contributed by atoms with E-state index in [0.717, 1.165) is 11.1 Å². The van der Waals surface area contributed by atoms with E-state index in [0.29, 0.717) is 34.0 Å². The summed E-state index contributed by atoms with van der Waals surface area (Å²) in [5.74, 6) is 1.52. The van der Waals surface area contributed by atoms with E-state index in [1.54, 1.807) is 19.4 Å². The van der Waals surface area contributed by atoms with Gasteiger partial charge in [0.25, 0.3) is 0 Å². The number of ether oxygens (including phenoxy) is 2. The molecule has 1 aliphatic rings. The number of carbonyl (C=O) groups is 1. The molecule has 2 aromatic carbocycles. The number of thioether (sulfide) groups is 1. The van der Waals surface area contributed by atoms with E-state index >= 15 is 0 Å². The van der Waals surface area contributed by atoms with Gasteiger partial charge in [-0.25, -0.2) is 0 Å². The molecule has 0 aromatic heterocycles. The molecule has 1 amide bonds. The van der Waals surface area contributed by atoms with Gasteiger partial charge < -0.3 is 14.8 Å². The smallest absolute Gasteiger partial charge is 0.236 e. The standard InChI is InChI=1S/C18H16ClN3O3S/c1-24-15-6-5-12(9-20-22-18-21-17(23)11-26-18)8-16(15)25-10-13-3-2-4-14(19)7-13/h2-9H,10-11H2,1H3,(H,21,22,23). The summed E-state index contributed by atoms with van der Waals surface area (Å²) in [7, 11) is 1.58. The van der Waals surface area contributed by atoms with Gasteiger partial charge in [-0.15, -0.1) is 5.10 Å². The number of rotatable bonds is 6. The third-order valence-corrected chi connectivity index (χ3v) is 4.51. The molecule has 0 bridgehead atoms. The lowest BCUT2D eigenvalue weighted by Gasteiger charge is -2.11. The molecule has 0 saturated carbocycles. The summed E-state index contributed by atoms with van der Waals surface area (Å²) >= 11 is 7.31. The Hall–Kier alpha value is -2.51. The summed E-state index contributed by atoms with van der Waals surface area (Å²) < 4.78 is 11.2. The minimum absolute atomic E-state index is 0.0647. The van der Waals surface area contributed by atoms with Crippen LogP contribution in [0.1, 0.15) is 11.1 Å². The molecule has 1 aliphatic heterocycles. The fourth-order valence-corrected chi connectivity index (χ4v) is 3.05. The highest BCUT2D eigenvalue weighted by molar-refractivity contribution is 8.15. The highest BCUT2D eigenvalue weighted by Crippen LogP contribution is 2.28. The van der Waals surface area contributed by atoms with Crippen molar-refractivity contribution in [2.75, 3.05) is 12.9 Å². The predicted octanol–water partition coefficient (Wildman–Crippen LogP) is 3.48. The Balaban J connectivity index is 1.70. The van der Waals surface area contributed by atoms with Crippen LogP contribution in [0.15, 0.2) is 52.7 Å².